The zero-order chi connectivity index (χ0) is 31.2. The molecule has 0 spiro atoms. The third kappa shape index (κ3) is 7.99. The van der Waals surface area contributed by atoms with Gasteiger partial charge in [-0.15, -0.1) is 0 Å². The monoisotopic (exact) mass is 822 g/mol. The van der Waals surface area contributed by atoms with Gasteiger partial charge in [0.05, 0.1) is 0 Å². The van der Waals surface area contributed by atoms with Crippen LogP contribution in [0.15, 0.2) is 24.3 Å². The van der Waals surface area contributed by atoms with Crippen molar-refractivity contribution in [2.45, 2.75) is 227 Å². The van der Waals surface area contributed by atoms with Crippen LogP contribution in [0.5, 0.6) is 0 Å². The molecule has 48 heavy (non-hydrogen) atoms. The van der Waals surface area contributed by atoms with Gasteiger partial charge in [-0.25, -0.2) is 0 Å². The van der Waals surface area contributed by atoms with E-state index in [-0.39, 0.29) is 24.8 Å². The van der Waals surface area contributed by atoms with Crippen LogP contribution >= 0.6 is 14.5 Å². The van der Waals surface area contributed by atoms with Crippen molar-refractivity contribution in [3.63, 3.8) is 0 Å². The fraction of sp³-hybridized carbons (Fsp3) is 0.837. The fourth-order valence-electron chi connectivity index (χ4n) is 13.9. The van der Waals surface area contributed by atoms with Gasteiger partial charge in [-0.3, -0.25) is 0 Å². The molecule has 6 aliphatic rings. The van der Waals surface area contributed by atoms with Crippen molar-refractivity contribution in [2.75, 3.05) is 0 Å². The summed E-state index contributed by atoms with van der Waals surface area (Å²) in [5.74, 6) is 0. The second-order valence-electron chi connectivity index (χ2n) is 17.7. The molecule has 276 valence electrons. The quantitative estimate of drug-likeness (QED) is 0.189. The summed E-state index contributed by atoms with van der Waals surface area (Å²) in [4.78, 5) is 0. The molecule has 0 saturated heterocycles. The summed E-state index contributed by atoms with van der Waals surface area (Å²) < 4.78 is 2.05. The van der Waals surface area contributed by atoms with E-state index in [1.807, 2.05) is 9.41 Å². The Balaban J connectivity index is 0.00000225. The Bertz CT molecular complexity index is 1010. The Morgan fingerprint density at radius 3 is 0.979 bits per heavy atom. The van der Waals surface area contributed by atoms with E-state index in [0.29, 0.717) is 0 Å². The van der Waals surface area contributed by atoms with Gasteiger partial charge in [-0.2, -0.15) is 0 Å². The molecule has 0 N–H and O–H groups in total. The van der Waals surface area contributed by atoms with Crippen molar-refractivity contribution >= 4 is 23.7 Å². The maximum atomic E-state index is 3.65. The second-order valence-corrected chi connectivity index (χ2v) is 29.1. The predicted molar refractivity (Wildman–Crippen MR) is 208 cm³/mol. The van der Waals surface area contributed by atoms with Gasteiger partial charge in [0.2, 0.25) is 0 Å². The van der Waals surface area contributed by atoms with Crippen LogP contribution in [0.2, 0.25) is 0 Å². The third-order valence-electron chi connectivity index (χ3n) is 15.7. The summed E-state index contributed by atoms with van der Waals surface area (Å²) in [5.41, 5.74) is 8.28. The first-order valence-electron chi connectivity index (χ1n) is 21.4. The molecule has 5 heteroatoms. The average Bonchev–Trinajstić information content (AvgIpc) is 3.15. The van der Waals surface area contributed by atoms with Crippen LogP contribution < -0.4 is 30.1 Å². The van der Waals surface area contributed by atoms with Gasteiger partial charge in [0, 0.05) is 0 Å². The Kier molecular flexibility index (Phi) is 16.4. The van der Waals surface area contributed by atoms with Crippen molar-refractivity contribution in [3.05, 3.63) is 29.8 Å². The summed E-state index contributed by atoms with van der Waals surface area (Å²) in [6.45, 7) is 0. The average molecular weight is 823 g/mol. The molecule has 1 aromatic carbocycles. The molecule has 0 aromatic heterocycles. The molecular weight excluding hydrogens is 750 g/mol. The summed E-state index contributed by atoms with van der Waals surface area (Å²) in [6.07, 6.45) is 46.4. The maximum absolute atomic E-state index is 3.65. The van der Waals surface area contributed by atoms with E-state index in [4.69, 9.17) is 0 Å². The molecule has 6 saturated carbocycles. The van der Waals surface area contributed by atoms with E-state index in [1.54, 1.807) is 77.0 Å². The Labute approximate surface area is 320 Å². The molecule has 0 amide bonds. The van der Waals surface area contributed by atoms with Gasteiger partial charge < -0.3 is 24.8 Å². The molecular formula is C43H72Cl2P2Ru. The van der Waals surface area contributed by atoms with Crippen LogP contribution in [0.4, 0.5) is 0 Å². The van der Waals surface area contributed by atoms with Crippen molar-refractivity contribution < 1.29 is 42.7 Å². The summed E-state index contributed by atoms with van der Waals surface area (Å²) in [7, 11) is -3.60. The van der Waals surface area contributed by atoms with Crippen LogP contribution in [-0.2, 0) is 17.9 Å². The standard InChI is InChI=1S/C43H72P2.2ClH.Ru/c1-7-22-37(23-8-1)44(38-24-9-2-10-25-38,39-26-11-3-12-27-39)35-36-21-19-20-34-43(36)45(40-28-13-4-14-29-40,41-30-15-5-16-31-41)42-32-17-6-18-33-42;;;/h19-21,34,37-42,44-45H,1-18,22-33H2;2*1H;/q;;;+2/p-2. The molecule has 6 aliphatic carbocycles. The Morgan fingerprint density at radius 1 is 0.396 bits per heavy atom. The van der Waals surface area contributed by atoms with Crippen LogP contribution in [0.3, 0.4) is 0 Å². The summed E-state index contributed by atoms with van der Waals surface area (Å²) >= 11 is 3.65. The van der Waals surface area contributed by atoms with Crippen molar-refractivity contribution in [1.82, 2.24) is 0 Å². The SMILES string of the molecule is [Cl-].[Cl-].[Ru+2]=[C](c1ccccc1[PH](C1CCCCC1)(C1CCCCC1)C1CCCCC1)[PH](C1CCCCC1)(C1CCCCC1)C1CCCCC1. The van der Waals surface area contributed by atoms with Crippen molar-refractivity contribution in [1.29, 1.82) is 0 Å². The Morgan fingerprint density at radius 2 is 0.667 bits per heavy atom. The van der Waals surface area contributed by atoms with E-state index < -0.39 is 14.5 Å². The van der Waals surface area contributed by atoms with Crippen LogP contribution in [0.1, 0.15) is 198 Å². The number of hydrogen-bond donors (Lipinski definition) is 0. The molecule has 0 radical (unpaired) electrons. The number of halogens is 2. The van der Waals surface area contributed by atoms with Crippen molar-refractivity contribution in [2.24, 2.45) is 0 Å². The normalized spacial score (nSPS) is 26.2. The van der Waals surface area contributed by atoms with Crippen molar-refractivity contribution in [3.8, 4) is 0 Å². The first-order valence-corrected chi connectivity index (χ1v) is 26.7. The fourth-order valence-corrected chi connectivity index (χ4v) is 34.1. The molecule has 0 atom stereocenters. The second kappa shape index (κ2) is 19.5. The molecule has 6 fully saturated rings. The number of hydrogen-bond acceptors (Lipinski definition) is 0. The third-order valence-corrected chi connectivity index (χ3v) is 32.4. The van der Waals surface area contributed by atoms with Gasteiger partial charge >= 0.3 is 298 Å². The molecule has 0 nitrogen and oxygen atoms in total. The molecule has 0 unspecified atom stereocenters. The van der Waals surface area contributed by atoms with E-state index >= 15 is 0 Å². The minimum absolute atomic E-state index is 0. The zero-order valence-corrected chi connectivity index (χ0v) is 35.8. The first-order chi connectivity index (χ1) is 22.8. The van der Waals surface area contributed by atoms with Gasteiger partial charge in [-0.05, 0) is 0 Å². The minimum atomic E-state index is -1.81. The number of benzene rings is 1. The van der Waals surface area contributed by atoms with Gasteiger partial charge in [0.1, 0.15) is 0 Å². The molecule has 1 aromatic rings. The molecule has 0 aliphatic heterocycles. The van der Waals surface area contributed by atoms with E-state index in [1.165, 1.54) is 116 Å². The molecule has 0 heterocycles. The van der Waals surface area contributed by atoms with E-state index in [9.17, 15) is 0 Å². The summed E-state index contributed by atoms with van der Waals surface area (Å²) in [6, 6.07) is 10.8. The van der Waals surface area contributed by atoms with Crippen LogP contribution in [-0.4, -0.2) is 37.8 Å². The predicted octanol–water partition coefficient (Wildman–Crippen LogP) is 6.84. The van der Waals surface area contributed by atoms with Gasteiger partial charge in [-0.1, -0.05) is 0 Å². The van der Waals surface area contributed by atoms with Crippen LogP contribution in [0.25, 0.3) is 0 Å². The van der Waals surface area contributed by atoms with E-state index in [2.05, 4.69) is 47.4 Å². The van der Waals surface area contributed by atoms with Crippen LogP contribution in [0, 0.1) is 0 Å². The van der Waals surface area contributed by atoms with Gasteiger partial charge in [0.15, 0.2) is 0 Å². The topological polar surface area (TPSA) is 0 Å². The molecule has 0 bridgehead atoms. The summed E-state index contributed by atoms with van der Waals surface area (Å²) in [5, 5.41) is 2.08. The zero-order valence-electron chi connectivity index (χ0n) is 30.6. The first kappa shape index (κ1) is 40.3. The van der Waals surface area contributed by atoms with Gasteiger partial charge in [0.25, 0.3) is 0 Å². The number of rotatable bonds is 9. The Hall–Kier alpha value is 1.15. The molecule has 7 rings (SSSR count). The van der Waals surface area contributed by atoms with E-state index in [0.717, 1.165) is 34.0 Å².